The maximum Gasteiger partial charge on any atom is 0.325 e. The van der Waals surface area contributed by atoms with Crippen LogP contribution in [0.2, 0.25) is 0 Å². The number of carboxylic acids is 1. The van der Waals surface area contributed by atoms with Gasteiger partial charge in [-0.15, -0.1) is 0 Å². The lowest BCUT2D eigenvalue weighted by Gasteiger charge is -2.23. The van der Waals surface area contributed by atoms with E-state index in [1.54, 1.807) is 0 Å². The summed E-state index contributed by atoms with van der Waals surface area (Å²) in [5.41, 5.74) is 0. The van der Waals surface area contributed by atoms with Crippen molar-refractivity contribution < 1.29 is 29.2 Å². The van der Waals surface area contributed by atoms with Crippen LogP contribution in [-0.2, 0) is 18.9 Å². The summed E-state index contributed by atoms with van der Waals surface area (Å²) in [4.78, 5) is 34.3. The van der Waals surface area contributed by atoms with Gasteiger partial charge in [0.25, 0.3) is 0 Å². The van der Waals surface area contributed by atoms with Crippen molar-refractivity contribution in [1.82, 2.24) is 15.3 Å². The molecule has 9 nitrogen and oxygen atoms in total. The van der Waals surface area contributed by atoms with Gasteiger partial charge in [0.2, 0.25) is 20.4 Å². The van der Waals surface area contributed by atoms with Crippen LogP contribution >= 0.6 is 8.61 Å². The Labute approximate surface area is 123 Å². The van der Waals surface area contributed by atoms with Crippen molar-refractivity contribution in [3.05, 3.63) is 0 Å². The normalized spacial score (nSPS) is 15.3. The number of aliphatic hydroxyl groups excluding tert-OH is 1. The zero-order chi connectivity index (χ0) is 16.6. The van der Waals surface area contributed by atoms with Gasteiger partial charge in [0.05, 0.1) is 0 Å². The van der Waals surface area contributed by atoms with Crippen LogP contribution < -0.4 is 10.6 Å². The summed E-state index contributed by atoms with van der Waals surface area (Å²) in [6.45, 7) is 2.41. The predicted molar refractivity (Wildman–Crippen MR) is 73.7 cm³/mol. The number of aliphatic hydroxyl groups is 1. The van der Waals surface area contributed by atoms with Crippen molar-refractivity contribution in [2.75, 3.05) is 13.7 Å². The molecule has 0 aliphatic carbocycles. The van der Waals surface area contributed by atoms with Crippen molar-refractivity contribution in [2.24, 2.45) is 0 Å². The summed E-state index contributed by atoms with van der Waals surface area (Å²) in [7, 11) is 1.03. The lowest BCUT2D eigenvalue weighted by molar-refractivity contribution is -0.141. The van der Waals surface area contributed by atoms with Crippen LogP contribution in [0.4, 0.5) is 0 Å². The molecule has 0 heterocycles. The molecule has 120 valence electrons. The summed E-state index contributed by atoms with van der Waals surface area (Å²) < 4.78 is 12.0. The fraction of sp³-hybridized carbons (Fsp3) is 0.727. The molecular formula is C11H20N3O6P. The standard InChI is InChI=1S/C11H20N3O6P/c1-6(9(16)13-7(2)11(18)19)12-10(17)8(4-5-15)14(3)21-20/h6-8,15H,4-5H2,1-3H3,(H,12,17)(H,13,16)(H,18,19)/t6-,7-,8-/m0/s1. The van der Waals surface area contributed by atoms with Gasteiger partial charge in [-0.3, -0.25) is 18.9 Å². The second-order valence-electron chi connectivity index (χ2n) is 4.48. The van der Waals surface area contributed by atoms with Crippen molar-refractivity contribution in [3.8, 4) is 0 Å². The molecule has 0 spiro atoms. The summed E-state index contributed by atoms with van der Waals surface area (Å²) in [6, 6.07) is -2.90. The Morgan fingerprint density at radius 3 is 2.10 bits per heavy atom. The molecule has 0 aromatic rings. The highest BCUT2D eigenvalue weighted by molar-refractivity contribution is 7.20. The second kappa shape index (κ2) is 9.38. The quantitative estimate of drug-likeness (QED) is 0.399. The van der Waals surface area contributed by atoms with Crippen LogP contribution in [0.15, 0.2) is 0 Å². The molecule has 0 aromatic carbocycles. The van der Waals surface area contributed by atoms with Crippen molar-refractivity contribution in [1.29, 1.82) is 0 Å². The third-order valence-electron chi connectivity index (χ3n) is 2.77. The molecule has 2 amide bonds. The number of nitrogens with zero attached hydrogens (tertiary/aromatic N) is 1. The minimum atomic E-state index is -1.19. The molecule has 4 N–H and O–H groups in total. The van der Waals surface area contributed by atoms with Gasteiger partial charge in [-0.2, -0.15) is 0 Å². The van der Waals surface area contributed by atoms with E-state index < -0.39 is 44.5 Å². The average molecular weight is 321 g/mol. The average Bonchev–Trinajstić information content (AvgIpc) is 2.43. The van der Waals surface area contributed by atoms with E-state index in [2.05, 4.69) is 10.6 Å². The summed E-state index contributed by atoms with van der Waals surface area (Å²) in [5.74, 6) is -2.42. The molecule has 0 aliphatic rings. The molecule has 0 aromatic heterocycles. The number of aliphatic carboxylic acids is 1. The lowest BCUT2D eigenvalue weighted by Crippen LogP contribution is -2.52. The van der Waals surface area contributed by atoms with Gasteiger partial charge in [-0.25, -0.2) is 4.67 Å². The van der Waals surface area contributed by atoms with Gasteiger partial charge in [-0.05, 0) is 27.3 Å². The Bertz CT molecular complexity index is 405. The zero-order valence-corrected chi connectivity index (χ0v) is 13.0. The highest BCUT2D eigenvalue weighted by Gasteiger charge is 2.27. The highest BCUT2D eigenvalue weighted by Crippen LogP contribution is 2.11. The molecule has 0 unspecified atom stereocenters. The van der Waals surface area contributed by atoms with Crippen LogP contribution in [-0.4, -0.2) is 64.4 Å². The van der Waals surface area contributed by atoms with Crippen LogP contribution in [0.1, 0.15) is 20.3 Å². The second-order valence-corrected chi connectivity index (χ2v) is 5.28. The molecular weight excluding hydrogens is 301 g/mol. The minimum Gasteiger partial charge on any atom is -0.480 e. The lowest BCUT2D eigenvalue weighted by atomic mass is 10.2. The number of carbonyl (C=O) groups is 3. The largest absolute Gasteiger partial charge is 0.480 e. The third-order valence-corrected chi connectivity index (χ3v) is 3.30. The van der Waals surface area contributed by atoms with Crippen LogP contribution in [0.25, 0.3) is 0 Å². The van der Waals surface area contributed by atoms with E-state index in [4.69, 9.17) is 10.2 Å². The molecule has 0 saturated carbocycles. The predicted octanol–water partition coefficient (Wildman–Crippen LogP) is -1.03. The topological polar surface area (TPSA) is 136 Å². The number of carbonyl (C=O) groups excluding carboxylic acids is 2. The Morgan fingerprint density at radius 1 is 1.14 bits per heavy atom. The molecule has 0 aliphatic heterocycles. The van der Waals surface area contributed by atoms with E-state index in [9.17, 15) is 18.9 Å². The smallest absolute Gasteiger partial charge is 0.325 e. The monoisotopic (exact) mass is 321 g/mol. The fourth-order valence-corrected chi connectivity index (χ4v) is 1.78. The Kier molecular flexibility index (Phi) is 8.68. The summed E-state index contributed by atoms with van der Waals surface area (Å²) in [5, 5.41) is 22.2. The summed E-state index contributed by atoms with van der Waals surface area (Å²) >= 11 is 0. The molecule has 21 heavy (non-hydrogen) atoms. The molecule has 0 rings (SSSR count). The third kappa shape index (κ3) is 6.61. The number of hydrogen-bond acceptors (Lipinski definition) is 5. The number of nitrogens with one attached hydrogen (secondary N) is 2. The first-order valence-corrected chi connectivity index (χ1v) is 7.01. The van der Waals surface area contributed by atoms with Gasteiger partial charge < -0.3 is 20.8 Å². The Balaban J connectivity index is 4.62. The Morgan fingerprint density at radius 2 is 1.67 bits per heavy atom. The number of amides is 2. The number of hydrogen-bond donors (Lipinski definition) is 4. The number of likely N-dealkylation sites (N-methyl/N-ethyl adjacent to an activating group) is 1. The summed E-state index contributed by atoms with van der Waals surface area (Å²) in [6.07, 6.45) is 0.0530. The maximum atomic E-state index is 12.0. The van der Waals surface area contributed by atoms with Crippen molar-refractivity contribution in [3.63, 3.8) is 0 Å². The van der Waals surface area contributed by atoms with E-state index in [1.165, 1.54) is 25.6 Å². The molecule has 0 radical (unpaired) electrons. The van der Waals surface area contributed by atoms with Gasteiger partial charge in [-0.1, -0.05) is 0 Å². The van der Waals surface area contributed by atoms with Gasteiger partial charge >= 0.3 is 5.97 Å². The van der Waals surface area contributed by atoms with E-state index in [0.717, 1.165) is 0 Å². The van der Waals surface area contributed by atoms with E-state index >= 15 is 0 Å². The molecule has 0 fully saturated rings. The van der Waals surface area contributed by atoms with E-state index in [0.29, 0.717) is 0 Å². The van der Waals surface area contributed by atoms with Gasteiger partial charge in [0, 0.05) is 6.61 Å². The zero-order valence-electron chi connectivity index (χ0n) is 12.1. The van der Waals surface area contributed by atoms with Crippen LogP contribution in [0.3, 0.4) is 0 Å². The Hall–Kier alpha value is -1.57. The fourth-order valence-electron chi connectivity index (χ4n) is 1.44. The van der Waals surface area contributed by atoms with E-state index in [1.807, 2.05) is 0 Å². The van der Waals surface area contributed by atoms with Gasteiger partial charge in [0.1, 0.15) is 18.1 Å². The number of rotatable bonds is 9. The first-order valence-electron chi connectivity index (χ1n) is 6.25. The van der Waals surface area contributed by atoms with E-state index in [-0.39, 0.29) is 13.0 Å². The first kappa shape index (κ1) is 19.4. The number of carboxylic acid groups (broad SMARTS) is 1. The van der Waals surface area contributed by atoms with Gasteiger partial charge in [0.15, 0.2) is 0 Å². The minimum absolute atomic E-state index is 0.0530. The van der Waals surface area contributed by atoms with Crippen molar-refractivity contribution in [2.45, 2.75) is 38.4 Å². The molecule has 0 bridgehead atoms. The van der Waals surface area contributed by atoms with Crippen LogP contribution in [0, 0.1) is 0 Å². The molecule has 3 atom stereocenters. The molecule has 10 heteroatoms. The van der Waals surface area contributed by atoms with Crippen LogP contribution in [0.5, 0.6) is 0 Å². The highest BCUT2D eigenvalue weighted by atomic mass is 31.1. The maximum absolute atomic E-state index is 12.0. The van der Waals surface area contributed by atoms with Crippen molar-refractivity contribution >= 4 is 26.4 Å². The molecule has 0 saturated heterocycles. The SMILES string of the molecule is C[C@H](NC(=O)[C@H](C)NC(=O)[C@H](CCO)N(C)P=O)C(=O)O. The first-order chi connectivity index (χ1) is 9.74.